The second-order valence-electron chi connectivity index (χ2n) is 4.89. The molecule has 5 nitrogen and oxygen atoms in total. The standard InChI is InChI=1S/C15H19ClN2O3S/c1-4-8-21-14-9-12(6-7-13(14)16)22(19,20)18-10-11(3)17-15(18)5-2/h6-7,9-10H,4-5,8H2,1-3H3. The Bertz CT molecular complexity index is 769. The predicted octanol–water partition coefficient (Wildman–Crippen LogP) is 3.43. The molecular weight excluding hydrogens is 324 g/mol. The van der Waals surface area contributed by atoms with E-state index in [2.05, 4.69) is 4.98 Å². The van der Waals surface area contributed by atoms with Crippen LogP contribution in [0.2, 0.25) is 5.02 Å². The van der Waals surface area contributed by atoms with Gasteiger partial charge in [0, 0.05) is 18.7 Å². The van der Waals surface area contributed by atoms with Gasteiger partial charge >= 0.3 is 0 Å². The SMILES string of the molecule is CCCOc1cc(S(=O)(=O)n2cc(C)nc2CC)ccc1Cl. The number of halogens is 1. The summed E-state index contributed by atoms with van der Waals surface area (Å²) >= 11 is 6.05. The molecule has 1 aromatic heterocycles. The summed E-state index contributed by atoms with van der Waals surface area (Å²) in [4.78, 5) is 4.37. The minimum atomic E-state index is -3.71. The van der Waals surface area contributed by atoms with Crippen LogP contribution in [-0.4, -0.2) is 24.0 Å². The first-order chi connectivity index (χ1) is 10.4. The number of hydrogen-bond donors (Lipinski definition) is 0. The first kappa shape index (κ1) is 16.8. The maximum Gasteiger partial charge on any atom is 0.269 e. The molecule has 0 N–H and O–H groups in total. The third-order valence-electron chi connectivity index (χ3n) is 3.10. The topological polar surface area (TPSA) is 61.2 Å². The van der Waals surface area contributed by atoms with E-state index in [9.17, 15) is 8.42 Å². The summed E-state index contributed by atoms with van der Waals surface area (Å²) in [5.74, 6) is 0.878. The van der Waals surface area contributed by atoms with Gasteiger partial charge in [0.1, 0.15) is 11.6 Å². The Hall–Kier alpha value is -1.53. The molecule has 2 rings (SSSR count). The highest BCUT2D eigenvalue weighted by Gasteiger charge is 2.22. The van der Waals surface area contributed by atoms with Crippen molar-refractivity contribution in [3.63, 3.8) is 0 Å². The zero-order valence-corrected chi connectivity index (χ0v) is 14.4. The Labute approximate surface area is 135 Å². The van der Waals surface area contributed by atoms with Gasteiger partial charge in [-0.05, 0) is 25.5 Å². The Morgan fingerprint density at radius 3 is 2.68 bits per heavy atom. The van der Waals surface area contributed by atoms with Crippen LogP contribution in [0.1, 0.15) is 31.8 Å². The van der Waals surface area contributed by atoms with Crippen LogP contribution in [0.25, 0.3) is 0 Å². The smallest absolute Gasteiger partial charge is 0.269 e. The van der Waals surface area contributed by atoms with Gasteiger partial charge < -0.3 is 4.74 Å². The highest BCUT2D eigenvalue weighted by Crippen LogP contribution is 2.29. The molecule has 0 fully saturated rings. The summed E-state index contributed by atoms with van der Waals surface area (Å²) in [6.07, 6.45) is 2.86. The monoisotopic (exact) mass is 342 g/mol. The van der Waals surface area contributed by atoms with E-state index in [4.69, 9.17) is 16.3 Å². The minimum Gasteiger partial charge on any atom is -0.492 e. The van der Waals surface area contributed by atoms with Crippen LogP contribution in [0.5, 0.6) is 5.75 Å². The van der Waals surface area contributed by atoms with Crippen molar-refractivity contribution in [2.45, 2.75) is 38.5 Å². The molecule has 1 heterocycles. The summed E-state index contributed by atoms with van der Waals surface area (Å²) in [6, 6.07) is 4.47. The number of imidazole rings is 1. The van der Waals surface area contributed by atoms with Crippen molar-refractivity contribution in [3.8, 4) is 5.75 Å². The molecule has 2 aromatic rings. The fraction of sp³-hybridized carbons (Fsp3) is 0.400. The van der Waals surface area contributed by atoms with E-state index >= 15 is 0 Å². The zero-order chi connectivity index (χ0) is 16.3. The van der Waals surface area contributed by atoms with Gasteiger partial charge in [-0.15, -0.1) is 0 Å². The first-order valence-electron chi connectivity index (χ1n) is 7.13. The summed E-state index contributed by atoms with van der Waals surface area (Å²) < 4.78 is 32.3. The number of ether oxygens (including phenoxy) is 1. The fourth-order valence-corrected chi connectivity index (χ4v) is 3.68. The van der Waals surface area contributed by atoms with Gasteiger partial charge in [-0.2, -0.15) is 0 Å². The summed E-state index contributed by atoms with van der Waals surface area (Å²) in [5.41, 5.74) is 0.664. The molecule has 0 unspecified atom stereocenters. The third-order valence-corrected chi connectivity index (χ3v) is 5.10. The maximum absolute atomic E-state index is 12.8. The van der Waals surface area contributed by atoms with Crippen LogP contribution >= 0.6 is 11.6 Å². The molecule has 22 heavy (non-hydrogen) atoms. The third kappa shape index (κ3) is 3.28. The average molecular weight is 343 g/mol. The normalized spacial score (nSPS) is 11.6. The maximum atomic E-state index is 12.8. The van der Waals surface area contributed by atoms with Crippen LogP contribution in [0.4, 0.5) is 0 Å². The largest absolute Gasteiger partial charge is 0.492 e. The van der Waals surface area contributed by atoms with E-state index in [0.717, 1.165) is 6.42 Å². The molecule has 0 spiro atoms. The molecule has 0 aliphatic carbocycles. The Balaban J connectivity index is 2.49. The summed E-state index contributed by atoms with van der Waals surface area (Å²) in [6.45, 7) is 6.08. The lowest BCUT2D eigenvalue weighted by Gasteiger charge is -2.11. The van der Waals surface area contributed by atoms with Crippen molar-refractivity contribution in [1.29, 1.82) is 0 Å². The van der Waals surface area contributed by atoms with Crippen LogP contribution in [-0.2, 0) is 16.4 Å². The van der Waals surface area contributed by atoms with Gasteiger partial charge in [-0.25, -0.2) is 17.4 Å². The molecule has 0 amide bonds. The highest BCUT2D eigenvalue weighted by atomic mass is 35.5. The van der Waals surface area contributed by atoms with Crippen molar-refractivity contribution < 1.29 is 13.2 Å². The van der Waals surface area contributed by atoms with Crippen molar-refractivity contribution in [1.82, 2.24) is 8.96 Å². The van der Waals surface area contributed by atoms with E-state index < -0.39 is 10.0 Å². The molecule has 0 aliphatic rings. The van der Waals surface area contributed by atoms with Gasteiger partial charge in [-0.3, -0.25) is 0 Å². The first-order valence-corrected chi connectivity index (χ1v) is 8.94. The quantitative estimate of drug-likeness (QED) is 0.806. The van der Waals surface area contributed by atoms with E-state index in [1.54, 1.807) is 6.92 Å². The highest BCUT2D eigenvalue weighted by molar-refractivity contribution is 7.90. The second kappa shape index (κ2) is 6.71. The van der Waals surface area contributed by atoms with Crippen LogP contribution in [0, 0.1) is 6.92 Å². The molecule has 0 atom stereocenters. The van der Waals surface area contributed by atoms with E-state index in [1.165, 1.54) is 28.4 Å². The number of rotatable bonds is 6. The Morgan fingerprint density at radius 2 is 2.05 bits per heavy atom. The molecule has 1 aromatic carbocycles. The van der Waals surface area contributed by atoms with Crippen LogP contribution in [0.15, 0.2) is 29.3 Å². The van der Waals surface area contributed by atoms with Gasteiger partial charge in [0.05, 0.1) is 22.2 Å². The second-order valence-corrected chi connectivity index (χ2v) is 7.12. The van der Waals surface area contributed by atoms with Crippen molar-refractivity contribution in [2.75, 3.05) is 6.61 Å². The van der Waals surface area contributed by atoms with Gasteiger partial charge in [0.25, 0.3) is 10.0 Å². The average Bonchev–Trinajstić information content (AvgIpc) is 2.88. The molecule has 0 saturated heterocycles. The Kier molecular flexibility index (Phi) is 5.13. The molecule has 0 bridgehead atoms. The minimum absolute atomic E-state index is 0.134. The van der Waals surface area contributed by atoms with E-state index in [0.29, 0.717) is 35.3 Å². The number of hydrogen-bond acceptors (Lipinski definition) is 4. The molecule has 120 valence electrons. The number of nitrogens with zero attached hydrogens (tertiary/aromatic N) is 2. The predicted molar refractivity (Wildman–Crippen MR) is 86.2 cm³/mol. The number of aryl methyl sites for hydroxylation is 2. The lowest BCUT2D eigenvalue weighted by Crippen LogP contribution is -2.15. The van der Waals surface area contributed by atoms with Gasteiger partial charge in [-0.1, -0.05) is 25.4 Å². The van der Waals surface area contributed by atoms with Crippen molar-refractivity contribution in [2.24, 2.45) is 0 Å². The van der Waals surface area contributed by atoms with E-state index in [-0.39, 0.29) is 4.90 Å². The number of aromatic nitrogens is 2. The molecule has 0 radical (unpaired) electrons. The van der Waals surface area contributed by atoms with Crippen molar-refractivity contribution in [3.05, 3.63) is 40.9 Å². The zero-order valence-electron chi connectivity index (χ0n) is 12.8. The lowest BCUT2D eigenvalue weighted by molar-refractivity contribution is 0.317. The Morgan fingerprint density at radius 1 is 1.32 bits per heavy atom. The van der Waals surface area contributed by atoms with E-state index in [1.807, 2.05) is 13.8 Å². The fourth-order valence-electron chi connectivity index (χ4n) is 2.05. The molecule has 0 aliphatic heterocycles. The summed E-state index contributed by atoms with van der Waals surface area (Å²) in [7, 11) is -3.71. The van der Waals surface area contributed by atoms with Crippen molar-refractivity contribution >= 4 is 21.6 Å². The summed E-state index contributed by atoms with van der Waals surface area (Å²) in [5, 5.41) is 0.393. The van der Waals surface area contributed by atoms with Gasteiger partial charge in [0.15, 0.2) is 0 Å². The van der Waals surface area contributed by atoms with Crippen LogP contribution in [0.3, 0.4) is 0 Å². The number of benzene rings is 1. The lowest BCUT2D eigenvalue weighted by atomic mass is 10.3. The molecule has 0 saturated carbocycles. The molecular formula is C15H19ClN2O3S. The molecule has 7 heteroatoms. The van der Waals surface area contributed by atoms with Gasteiger partial charge in [0.2, 0.25) is 0 Å². The van der Waals surface area contributed by atoms with Crippen LogP contribution < -0.4 is 4.74 Å².